The molecule has 2 aromatic carbocycles. The van der Waals surface area contributed by atoms with Crippen molar-refractivity contribution in [3.05, 3.63) is 60.0 Å². The molecule has 1 saturated heterocycles. The summed E-state index contributed by atoms with van der Waals surface area (Å²) in [5.41, 5.74) is 0.552. The predicted molar refractivity (Wildman–Crippen MR) is 110 cm³/mol. The Morgan fingerprint density at radius 1 is 1.14 bits per heavy atom. The van der Waals surface area contributed by atoms with E-state index in [1.165, 1.54) is 12.8 Å². The average molecular weight is 376 g/mol. The lowest BCUT2D eigenvalue weighted by Crippen LogP contribution is -2.26. The number of ether oxygens (including phenoxy) is 1. The highest BCUT2D eigenvalue weighted by Crippen LogP contribution is 2.28. The summed E-state index contributed by atoms with van der Waals surface area (Å²) < 4.78 is 5.71. The first-order chi connectivity index (χ1) is 13.8. The van der Waals surface area contributed by atoms with Crippen LogP contribution in [-0.4, -0.2) is 35.6 Å². The van der Waals surface area contributed by atoms with Gasteiger partial charge < -0.3 is 15.0 Å². The number of rotatable bonds is 6. The first kappa shape index (κ1) is 18.2. The van der Waals surface area contributed by atoms with Crippen LogP contribution in [0.4, 0.5) is 5.82 Å². The Hall–Kier alpha value is -3.15. The molecule has 1 aliphatic heterocycles. The molecule has 1 amide bonds. The van der Waals surface area contributed by atoms with Gasteiger partial charge in [-0.15, -0.1) is 0 Å². The van der Waals surface area contributed by atoms with Gasteiger partial charge in [0, 0.05) is 19.3 Å². The van der Waals surface area contributed by atoms with Crippen molar-refractivity contribution in [2.75, 3.05) is 24.6 Å². The summed E-state index contributed by atoms with van der Waals surface area (Å²) in [6.07, 6.45) is 4.14. The maximum absolute atomic E-state index is 13.0. The molecule has 0 atom stereocenters. The zero-order valence-corrected chi connectivity index (χ0v) is 16.0. The minimum atomic E-state index is -0.185. The SMILES string of the molecule is CCOc1ccc2ccccc2c1C(=O)NCc1nccc(N2CCCC2)n1. The zero-order valence-electron chi connectivity index (χ0n) is 16.0. The Morgan fingerprint density at radius 3 is 2.79 bits per heavy atom. The molecule has 1 aromatic heterocycles. The van der Waals surface area contributed by atoms with Gasteiger partial charge in [0.25, 0.3) is 5.91 Å². The summed E-state index contributed by atoms with van der Waals surface area (Å²) in [4.78, 5) is 24.2. The van der Waals surface area contributed by atoms with E-state index in [0.29, 0.717) is 23.7 Å². The molecule has 3 aromatic rings. The number of nitrogens with one attached hydrogen (secondary N) is 1. The highest BCUT2D eigenvalue weighted by molar-refractivity contribution is 6.09. The van der Waals surface area contributed by atoms with Gasteiger partial charge in [0.1, 0.15) is 17.4 Å². The number of carbonyl (C=O) groups excluding carboxylic acids is 1. The first-order valence-electron chi connectivity index (χ1n) is 9.76. The Labute approximate surface area is 164 Å². The minimum Gasteiger partial charge on any atom is -0.493 e. The number of benzene rings is 2. The van der Waals surface area contributed by atoms with E-state index in [1.54, 1.807) is 6.20 Å². The molecule has 1 aliphatic rings. The molecule has 2 heterocycles. The van der Waals surface area contributed by atoms with Crippen molar-refractivity contribution in [3.8, 4) is 5.75 Å². The Bertz CT molecular complexity index is 983. The largest absolute Gasteiger partial charge is 0.493 e. The van der Waals surface area contributed by atoms with Gasteiger partial charge in [-0.1, -0.05) is 30.3 Å². The van der Waals surface area contributed by atoms with Crippen LogP contribution in [0.1, 0.15) is 35.9 Å². The van der Waals surface area contributed by atoms with Gasteiger partial charge in [0.05, 0.1) is 18.7 Å². The van der Waals surface area contributed by atoms with E-state index in [2.05, 4.69) is 20.2 Å². The topological polar surface area (TPSA) is 67.3 Å². The first-order valence-corrected chi connectivity index (χ1v) is 9.76. The van der Waals surface area contributed by atoms with Crippen molar-refractivity contribution in [3.63, 3.8) is 0 Å². The summed E-state index contributed by atoms with van der Waals surface area (Å²) in [7, 11) is 0. The third kappa shape index (κ3) is 3.76. The number of hydrogen-bond acceptors (Lipinski definition) is 5. The van der Waals surface area contributed by atoms with Crippen LogP contribution in [0.3, 0.4) is 0 Å². The van der Waals surface area contributed by atoms with Crippen molar-refractivity contribution in [1.29, 1.82) is 0 Å². The number of fused-ring (bicyclic) bond motifs is 1. The van der Waals surface area contributed by atoms with Gasteiger partial charge in [-0.05, 0) is 42.7 Å². The normalized spacial score (nSPS) is 13.7. The third-order valence-electron chi connectivity index (χ3n) is 4.95. The fraction of sp³-hybridized carbons (Fsp3) is 0.318. The van der Waals surface area contributed by atoms with E-state index in [-0.39, 0.29) is 12.5 Å². The molecule has 0 bridgehead atoms. The lowest BCUT2D eigenvalue weighted by molar-refractivity contribution is 0.0948. The fourth-order valence-electron chi connectivity index (χ4n) is 3.61. The number of nitrogens with zero attached hydrogens (tertiary/aromatic N) is 3. The van der Waals surface area contributed by atoms with Crippen LogP contribution in [0.2, 0.25) is 0 Å². The molecular formula is C22H24N4O2. The van der Waals surface area contributed by atoms with Gasteiger partial charge >= 0.3 is 0 Å². The maximum Gasteiger partial charge on any atom is 0.256 e. The van der Waals surface area contributed by atoms with Gasteiger partial charge in [-0.3, -0.25) is 4.79 Å². The van der Waals surface area contributed by atoms with Crippen LogP contribution >= 0.6 is 0 Å². The molecule has 0 radical (unpaired) electrons. The molecule has 6 heteroatoms. The van der Waals surface area contributed by atoms with Crippen molar-refractivity contribution in [2.24, 2.45) is 0 Å². The minimum absolute atomic E-state index is 0.185. The lowest BCUT2D eigenvalue weighted by Gasteiger charge is -2.17. The van der Waals surface area contributed by atoms with Crippen molar-refractivity contribution in [2.45, 2.75) is 26.3 Å². The predicted octanol–water partition coefficient (Wildman–Crippen LogP) is 3.56. The highest BCUT2D eigenvalue weighted by atomic mass is 16.5. The summed E-state index contributed by atoms with van der Waals surface area (Å²) in [5.74, 6) is 1.94. The van der Waals surface area contributed by atoms with Gasteiger partial charge in [-0.2, -0.15) is 0 Å². The second kappa shape index (κ2) is 8.25. The molecule has 1 N–H and O–H groups in total. The second-order valence-electron chi connectivity index (χ2n) is 6.80. The number of amides is 1. The van der Waals surface area contributed by atoms with E-state index in [0.717, 1.165) is 29.7 Å². The van der Waals surface area contributed by atoms with Crippen LogP contribution in [0.5, 0.6) is 5.75 Å². The van der Waals surface area contributed by atoms with Crippen LogP contribution in [0, 0.1) is 0 Å². The van der Waals surface area contributed by atoms with Crippen LogP contribution < -0.4 is 15.0 Å². The smallest absolute Gasteiger partial charge is 0.256 e. The number of aromatic nitrogens is 2. The van der Waals surface area contributed by atoms with E-state index >= 15 is 0 Å². The van der Waals surface area contributed by atoms with Gasteiger partial charge in [0.2, 0.25) is 0 Å². The Balaban J connectivity index is 1.55. The van der Waals surface area contributed by atoms with E-state index < -0.39 is 0 Å². The number of hydrogen-bond donors (Lipinski definition) is 1. The monoisotopic (exact) mass is 376 g/mol. The molecule has 28 heavy (non-hydrogen) atoms. The van der Waals surface area contributed by atoms with Crippen molar-refractivity contribution >= 4 is 22.5 Å². The second-order valence-corrected chi connectivity index (χ2v) is 6.80. The van der Waals surface area contributed by atoms with Gasteiger partial charge in [-0.25, -0.2) is 9.97 Å². The molecule has 144 valence electrons. The van der Waals surface area contributed by atoms with Gasteiger partial charge in [0.15, 0.2) is 0 Å². The lowest BCUT2D eigenvalue weighted by atomic mass is 10.0. The average Bonchev–Trinajstić information content (AvgIpc) is 3.27. The standard InChI is InChI=1S/C22H24N4O2/c1-2-28-18-10-9-16-7-3-4-8-17(16)21(18)22(27)24-15-19-23-12-11-20(25-19)26-13-5-6-14-26/h3-4,7-12H,2,5-6,13-15H2,1H3,(H,24,27). The van der Waals surface area contributed by atoms with Crippen LogP contribution in [0.15, 0.2) is 48.7 Å². The van der Waals surface area contributed by atoms with Crippen molar-refractivity contribution in [1.82, 2.24) is 15.3 Å². The Kier molecular flexibility index (Phi) is 5.37. The van der Waals surface area contributed by atoms with E-state index in [1.807, 2.05) is 49.4 Å². The van der Waals surface area contributed by atoms with Crippen LogP contribution in [0.25, 0.3) is 10.8 Å². The number of carbonyl (C=O) groups is 1. The molecule has 6 nitrogen and oxygen atoms in total. The zero-order chi connectivity index (χ0) is 19.3. The quantitative estimate of drug-likeness (QED) is 0.712. The molecule has 0 unspecified atom stereocenters. The summed E-state index contributed by atoms with van der Waals surface area (Å²) in [6, 6.07) is 13.6. The highest BCUT2D eigenvalue weighted by Gasteiger charge is 2.18. The molecule has 1 fully saturated rings. The molecule has 0 aliphatic carbocycles. The number of anilines is 1. The molecule has 0 saturated carbocycles. The van der Waals surface area contributed by atoms with E-state index in [4.69, 9.17) is 4.74 Å². The maximum atomic E-state index is 13.0. The van der Waals surface area contributed by atoms with Crippen molar-refractivity contribution < 1.29 is 9.53 Å². The molecule has 4 rings (SSSR count). The molecular weight excluding hydrogens is 352 g/mol. The summed E-state index contributed by atoms with van der Waals surface area (Å²) >= 11 is 0. The Morgan fingerprint density at radius 2 is 1.96 bits per heavy atom. The third-order valence-corrected chi connectivity index (χ3v) is 4.95. The molecule has 0 spiro atoms. The van der Waals surface area contributed by atoms with E-state index in [9.17, 15) is 4.79 Å². The van der Waals surface area contributed by atoms with Crippen LogP contribution in [-0.2, 0) is 6.54 Å². The fourth-order valence-corrected chi connectivity index (χ4v) is 3.61. The summed E-state index contributed by atoms with van der Waals surface area (Å²) in [6.45, 7) is 4.73. The summed E-state index contributed by atoms with van der Waals surface area (Å²) in [5, 5.41) is 4.84.